The van der Waals surface area contributed by atoms with E-state index in [1.54, 1.807) is 4.90 Å². The second kappa shape index (κ2) is 6.41. The SMILES string of the molecule is CNCCCN(C)C(=O)c1sc2nc(C)cc(C)c2c1N. The maximum absolute atomic E-state index is 12.5. The molecule has 0 spiro atoms. The minimum atomic E-state index is -0.0244. The minimum absolute atomic E-state index is 0.0244. The fraction of sp³-hybridized carbons (Fsp3) is 0.467. The molecule has 0 atom stereocenters. The lowest BCUT2D eigenvalue weighted by atomic mass is 10.1. The molecule has 3 N–H and O–H groups in total. The Hall–Kier alpha value is -1.66. The van der Waals surface area contributed by atoms with Gasteiger partial charge in [-0.1, -0.05) is 0 Å². The van der Waals surface area contributed by atoms with Gasteiger partial charge < -0.3 is 16.0 Å². The van der Waals surface area contributed by atoms with Crippen LogP contribution in [0.25, 0.3) is 10.2 Å². The van der Waals surface area contributed by atoms with Crippen molar-refractivity contribution in [1.29, 1.82) is 0 Å². The van der Waals surface area contributed by atoms with Gasteiger partial charge in [-0.05, 0) is 45.5 Å². The van der Waals surface area contributed by atoms with Crippen molar-refractivity contribution in [2.45, 2.75) is 20.3 Å². The lowest BCUT2D eigenvalue weighted by Gasteiger charge is -2.16. The molecule has 2 heterocycles. The van der Waals surface area contributed by atoms with Crippen molar-refractivity contribution in [2.24, 2.45) is 0 Å². The Kier molecular flexibility index (Phi) is 4.80. The number of nitrogen functional groups attached to an aromatic ring is 1. The zero-order valence-corrected chi connectivity index (χ0v) is 13.8. The van der Waals surface area contributed by atoms with Crippen LogP contribution in [0.2, 0.25) is 0 Å². The Morgan fingerprint density at radius 2 is 2.19 bits per heavy atom. The van der Waals surface area contributed by atoms with Gasteiger partial charge in [0.2, 0.25) is 0 Å². The van der Waals surface area contributed by atoms with Gasteiger partial charge in [0.25, 0.3) is 5.91 Å². The first-order valence-electron chi connectivity index (χ1n) is 7.02. The summed E-state index contributed by atoms with van der Waals surface area (Å²) in [6.45, 7) is 5.55. The summed E-state index contributed by atoms with van der Waals surface area (Å²) in [6, 6.07) is 2.00. The Balaban J connectivity index is 2.32. The molecule has 0 saturated carbocycles. The molecule has 0 fully saturated rings. The third-order valence-corrected chi connectivity index (χ3v) is 4.57. The number of amides is 1. The summed E-state index contributed by atoms with van der Waals surface area (Å²) >= 11 is 1.38. The molecular formula is C15H22N4OS. The number of aryl methyl sites for hydroxylation is 2. The quantitative estimate of drug-likeness (QED) is 0.831. The maximum atomic E-state index is 12.5. The third kappa shape index (κ3) is 3.16. The van der Waals surface area contributed by atoms with E-state index in [-0.39, 0.29) is 5.91 Å². The molecule has 0 aliphatic carbocycles. The van der Waals surface area contributed by atoms with Crippen molar-refractivity contribution < 1.29 is 4.79 Å². The molecule has 114 valence electrons. The number of thiophene rings is 1. The molecule has 0 saturated heterocycles. The number of hydrogen-bond donors (Lipinski definition) is 2. The van der Waals surface area contributed by atoms with Crippen LogP contribution in [0.5, 0.6) is 0 Å². The topological polar surface area (TPSA) is 71.2 Å². The van der Waals surface area contributed by atoms with Gasteiger partial charge in [0.05, 0.1) is 5.69 Å². The predicted molar refractivity (Wildman–Crippen MR) is 89.0 cm³/mol. The normalized spacial score (nSPS) is 11.0. The highest BCUT2D eigenvalue weighted by Gasteiger charge is 2.21. The summed E-state index contributed by atoms with van der Waals surface area (Å²) in [4.78, 5) is 20.2. The van der Waals surface area contributed by atoms with E-state index in [9.17, 15) is 4.79 Å². The molecule has 2 aromatic heterocycles. The van der Waals surface area contributed by atoms with Crippen molar-refractivity contribution in [1.82, 2.24) is 15.2 Å². The van der Waals surface area contributed by atoms with Gasteiger partial charge in [0.1, 0.15) is 9.71 Å². The summed E-state index contributed by atoms with van der Waals surface area (Å²) in [5, 5.41) is 3.99. The fourth-order valence-corrected chi connectivity index (χ4v) is 3.61. The van der Waals surface area contributed by atoms with Crippen LogP contribution in [0.15, 0.2) is 6.07 Å². The summed E-state index contributed by atoms with van der Waals surface area (Å²) < 4.78 is 0. The Morgan fingerprint density at radius 3 is 2.86 bits per heavy atom. The summed E-state index contributed by atoms with van der Waals surface area (Å²) in [5.41, 5.74) is 8.77. The third-order valence-electron chi connectivity index (χ3n) is 3.49. The molecule has 0 radical (unpaired) electrons. The largest absolute Gasteiger partial charge is 0.397 e. The first-order valence-corrected chi connectivity index (χ1v) is 7.83. The Labute approximate surface area is 129 Å². The smallest absolute Gasteiger partial charge is 0.265 e. The Morgan fingerprint density at radius 1 is 1.48 bits per heavy atom. The fourth-order valence-electron chi connectivity index (χ4n) is 2.40. The first kappa shape index (κ1) is 15.7. The average molecular weight is 306 g/mol. The number of aromatic nitrogens is 1. The van der Waals surface area contributed by atoms with E-state index in [0.717, 1.165) is 34.4 Å². The molecule has 2 rings (SSSR count). The van der Waals surface area contributed by atoms with E-state index in [1.807, 2.05) is 34.0 Å². The van der Waals surface area contributed by atoms with Crippen molar-refractivity contribution in [3.63, 3.8) is 0 Å². The zero-order chi connectivity index (χ0) is 15.6. The lowest BCUT2D eigenvalue weighted by molar-refractivity contribution is 0.0799. The standard InChI is InChI=1S/C15H22N4OS/c1-9-8-10(2)18-14-11(9)12(16)13(21-14)15(20)19(4)7-5-6-17-3/h8,17H,5-7,16H2,1-4H3. The average Bonchev–Trinajstić information content (AvgIpc) is 2.75. The van der Waals surface area contributed by atoms with Crippen LogP contribution in [0.3, 0.4) is 0 Å². The molecule has 0 aliphatic rings. The van der Waals surface area contributed by atoms with Crippen LogP contribution in [0.4, 0.5) is 5.69 Å². The van der Waals surface area contributed by atoms with E-state index in [0.29, 0.717) is 17.1 Å². The number of carbonyl (C=O) groups excluding carboxylic acids is 1. The molecule has 2 aromatic rings. The Bertz CT molecular complexity index is 665. The molecule has 5 nitrogen and oxygen atoms in total. The summed E-state index contributed by atoms with van der Waals surface area (Å²) in [5.74, 6) is -0.0244. The number of nitrogens with one attached hydrogen (secondary N) is 1. The van der Waals surface area contributed by atoms with Crippen molar-refractivity contribution in [2.75, 3.05) is 32.9 Å². The highest BCUT2D eigenvalue weighted by atomic mass is 32.1. The van der Waals surface area contributed by atoms with Crippen LogP contribution >= 0.6 is 11.3 Å². The molecule has 0 unspecified atom stereocenters. The van der Waals surface area contributed by atoms with E-state index in [4.69, 9.17) is 5.73 Å². The van der Waals surface area contributed by atoms with E-state index < -0.39 is 0 Å². The second-order valence-electron chi connectivity index (χ2n) is 5.29. The number of nitrogens with zero attached hydrogens (tertiary/aromatic N) is 2. The van der Waals surface area contributed by atoms with E-state index in [1.165, 1.54) is 11.3 Å². The highest BCUT2D eigenvalue weighted by molar-refractivity contribution is 7.21. The molecule has 0 bridgehead atoms. The lowest BCUT2D eigenvalue weighted by Crippen LogP contribution is -2.29. The van der Waals surface area contributed by atoms with Gasteiger partial charge in [-0.25, -0.2) is 4.98 Å². The van der Waals surface area contributed by atoms with Crippen molar-refractivity contribution in [3.8, 4) is 0 Å². The maximum Gasteiger partial charge on any atom is 0.265 e. The first-order chi connectivity index (χ1) is 9.95. The van der Waals surface area contributed by atoms with Crippen molar-refractivity contribution in [3.05, 3.63) is 22.2 Å². The number of carbonyl (C=O) groups is 1. The van der Waals surface area contributed by atoms with E-state index >= 15 is 0 Å². The molecular weight excluding hydrogens is 284 g/mol. The van der Waals surface area contributed by atoms with Gasteiger partial charge in [0.15, 0.2) is 0 Å². The van der Waals surface area contributed by atoms with E-state index in [2.05, 4.69) is 10.3 Å². The summed E-state index contributed by atoms with van der Waals surface area (Å²) in [6.07, 6.45) is 0.917. The second-order valence-corrected chi connectivity index (χ2v) is 6.29. The number of hydrogen-bond acceptors (Lipinski definition) is 5. The van der Waals surface area contributed by atoms with Gasteiger partial charge in [0, 0.05) is 24.7 Å². The highest BCUT2D eigenvalue weighted by Crippen LogP contribution is 2.35. The van der Waals surface area contributed by atoms with Crippen LogP contribution in [0, 0.1) is 13.8 Å². The number of pyridine rings is 1. The molecule has 0 aliphatic heterocycles. The molecule has 21 heavy (non-hydrogen) atoms. The van der Waals surface area contributed by atoms with Gasteiger partial charge in [-0.15, -0.1) is 11.3 Å². The van der Waals surface area contributed by atoms with Gasteiger partial charge >= 0.3 is 0 Å². The molecule has 0 aromatic carbocycles. The zero-order valence-electron chi connectivity index (χ0n) is 13.0. The monoisotopic (exact) mass is 306 g/mol. The van der Waals surface area contributed by atoms with Gasteiger partial charge in [-0.2, -0.15) is 0 Å². The number of fused-ring (bicyclic) bond motifs is 1. The number of anilines is 1. The van der Waals surface area contributed by atoms with Crippen molar-refractivity contribution >= 4 is 33.1 Å². The van der Waals surface area contributed by atoms with Crippen LogP contribution in [-0.2, 0) is 0 Å². The van der Waals surface area contributed by atoms with Crippen LogP contribution < -0.4 is 11.1 Å². The van der Waals surface area contributed by atoms with Crippen LogP contribution in [0.1, 0.15) is 27.3 Å². The van der Waals surface area contributed by atoms with Gasteiger partial charge in [-0.3, -0.25) is 4.79 Å². The molecule has 6 heteroatoms. The predicted octanol–water partition coefficient (Wildman–Crippen LogP) is 2.18. The minimum Gasteiger partial charge on any atom is -0.397 e. The van der Waals surface area contributed by atoms with Crippen LogP contribution in [-0.4, -0.2) is 43.0 Å². The number of nitrogens with two attached hydrogens (primary N) is 1. The molecule has 1 amide bonds. The number of rotatable bonds is 5. The summed E-state index contributed by atoms with van der Waals surface area (Å²) in [7, 11) is 3.72.